The van der Waals surface area contributed by atoms with E-state index in [2.05, 4.69) is 31.3 Å². The van der Waals surface area contributed by atoms with Crippen LogP contribution in [0.5, 0.6) is 0 Å². The molecule has 158 valence electrons. The van der Waals surface area contributed by atoms with Gasteiger partial charge in [0.05, 0.1) is 0 Å². The zero-order valence-corrected chi connectivity index (χ0v) is 17.3. The van der Waals surface area contributed by atoms with Crippen molar-refractivity contribution in [2.45, 2.75) is 45.3 Å². The first-order chi connectivity index (χ1) is 14.3. The fourth-order valence-electron chi connectivity index (χ4n) is 3.06. The maximum absolute atomic E-state index is 12.3. The molecule has 1 amide bonds. The molecule has 1 saturated heterocycles. The van der Waals surface area contributed by atoms with Crippen molar-refractivity contribution in [1.82, 2.24) is 25.5 Å². The predicted molar refractivity (Wildman–Crippen MR) is 112 cm³/mol. The molecular formula is C20H26N8O2. The van der Waals surface area contributed by atoms with Crippen molar-refractivity contribution in [3.8, 4) is 6.07 Å². The van der Waals surface area contributed by atoms with Crippen molar-refractivity contribution in [2.24, 2.45) is 0 Å². The van der Waals surface area contributed by atoms with E-state index in [-0.39, 0.29) is 23.5 Å². The van der Waals surface area contributed by atoms with E-state index in [1.807, 2.05) is 51.1 Å². The number of carbonyl (C=O) groups is 1. The molecule has 0 bridgehead atoms. The molecule has 1 aromatic carbocycles. The van der Waals surface area contributed by atoms with Crippen LogP contribution in [-0.4, -0.2) is 56.3 Å². The third-order valence-corrected chi connectivity index (χ3v) is 4.42. The Labute approximate surface area is 175 Å². The van der Waals surface area contributed by atoms with Crippen LogP contribution in [0.2, 0.25) is 0 Å². The average molecular weight is 410 g/mol. The van der Waals surface area contributed by atoms with Crippen LogP contribution in [0.25, 0.3) is 5.57 Å². The van der Waals surface area contributed by atoms with Crippen molar-refractivity contribution >= 4 is 23.0 Å². The van der Waals surface area contributed by atoms with E-state index in [9.17, 15) is 10.1 Å². The Morgan fingerprint density at radius 1 is 1.33 bits per heavy atom. The molecule has 0 saturated carbocycles. The third-order valence-electron chi connectivity index (χ3n) is 4.42. The van der Waals surface area contributed by atoms with Crippen LogP contribution >= 0.6 is 0 Å². The van der Waals surface area contributed by atoms with Crippen molar-refractivity contribution in [3.05, 3.63) is 36.3 Å². The Kier molecular flexibility index (Phi) is 6.51. The van der Waals surface area contributed by atoms with Gasteiger partial charge in [-0.3, -0.25) is 0 Å². The van der Waals surface area contributed by atoms with Gasteiger partial charge >= 0.3 is 6.09 Å². The highest BCUT2D eigenvalue weighted by atomic mass is 16.6. The number of nitrogens with one attached hydrogen (secondary N) is 3. The van der Waals surface area contributed by atoms with Gasteiger partial charge in [0.25, 0.3) is 0 Å². The van der Waals surface area contributed by atoms with Crippen LogP contribution in [0.1, 0.15) is 39.4 Å². The second-order valence-corrected chi connectivity index (χ2v) is 8.04. The fourth-order valence-corrected chi connectivity index (χ4v) is 3.06. The summed E-state index contributed by atoms with van der Waals surface area (Å²) in [6, 6.07) is 9.88. The number of likely N-dealkylation sites (tertiary alicyclic amines) is 1. The Balaban J connectivity index is 1.55. The lowest BCUT2D eigenvalue weighted by atomic mass is 10.1. The molecule has 30 heavy (non-hydrogen) atoms. The second-order valence-electron chi connectivity index (χ2n) is 8.04. The van der Waals surface area contributed by atoms with Gasteiger partial charge in [-0.1, -0.05) is 0 Å². The molecule has 1 fully saturated rings. The zero-order chi connectivity index (χ0) is 21.6. The largest absolute Gasteiger partial charge is 0.444 e. The summed E-state index contributed by atoms with van der Waals surface area (Å²) >= 11 is 0. The maximum atomic E-state index is 12.3. The predicted octanol–water partition coefficient (Wildman–Crippen LogP) is 2.99. The highest BCUT2D eigenvalue weighted by molar-refractivity contribution is 5.74. The van der Waals surface area contributed by atoms with E-state index >= 15 is 0 Å². The number of aromatic nitrogens is 4. The second kappa shape index (κ2) is 9.26. The number of rotatable bonds is 5. The number of nitrogens with zero attached hydrogens (tertiary/aromatic N) is 5. The highest BCUT2D eigenvalue weighted by Crippen LogP contribution is 2.20. The number of amides is 1. The fraction of sp³-hybridized carbons (Fsp3) is 0.450. The van der Waals surface area contributed by atoms with Gasteiger partial charge in [-0.25, -0.2) is 4.79 Å². The standard InChI is InChI=1S/C20H26N8O2/c1-20(2,3)30-19(29)28-10-4-5-17(13-28)23-16-8-6-15(7-9-16)22-12-14(11-21)18-24-26-27-25-18/h6-9,12,17,22-23H,4-5,10,13H2,1-3H3,(H,24,25,26,27). The zero-order valence-electron chi connectivity index (χ0n) is 17.3. The number of aromatic amines is 1. The third kappa shape index (κ3) is 5.94. The molecule has 1 unspecified atom stereocenters. The molecule has 2 aromatic rings. The van der Waals surface area contributed by atoms with Crippen LogP contribution in [0, 0.1) is 11.3 Å². The van der Waals surface area contributed by atoms with Crippen molar-refractivity contribution in [1.29, 1.82) is 5.26 Å². The Morgan fingerprint density at radius 3 is 2.70 bits per heavy atom. The van der Waals surface area contributed by atoms with Crippen LogP contribution in [0.4, 0.5) is 16.2 Å². The number of anilines is 2. The molecule has 1 aromatic heterocycles. The monoisotopic (exact) mass is 410 g/mol. The van der Waals surface area contributed by atoms with Gasteiger partial charge in [-0.05, 0) is 63.1 Å². The minimum Gasteiger partial charge on any atom is -0.444 e. The number of H-pyrrole nitrogens is 1. The minimum atomic E-state index is -0.496. The number of hydrogen-bond donors (Lipinski definition) is 3. The maximum Gasteiger partial charge on any atom is 0.410 e. The van der Waals surface area contributed by atoms with Crippen LogP contribution in [-0.2, 0) is 4.74 Å². The molecule has 3 rings (SSSR count). The number of ether oxygens (including phenoxy) is 1. The first-order valence-corrected chi connectivity index (χ1v) is 9.79. The van der Waals surface area contributed by atoms with E-state index in [0.29, 0.717) is 13.1 Å². The molecule has 1 atom stereocenters. The van der Waals surface area contributed by atoms with Crippen LogP contribution in [0.3, 0.4) is 0 Å². The van der Waals surface area contributed by atoms with Gasteiger partial charge in [0.1, 0.15) is 17.2 Å². The molecule has 10 heteroatoms. The number of carbonyl (C=O) groups excluding carboxylic acids is 1. The summed E-state index contributed by atoms with van der Waals surface area (Å²) in [5.74, 6) is 0.232. The summed E-state index contributed by atoms with van der Waals surface area (Å²) in [5.41, 5.74) is 1.55. The summed E-state index contributed by atoms with van der Waals surface area (Å²) in [4.78, 5) is 14.1. The number of benzene rings is 1. The molecular weight excluding hydrogens is 384 g/mol. The van der Waals surface area contributed by atoms with E-state index in [1.165, 1.54) is 6.20 Å². The number of hydrogen-bond acceptors (Lipinski definition) is 8. The molecule has 0 aliphatic carbocycles. The van der Waals surface area contributed by atoms with Gasteiger partial charge < -0.3 is 20.3 Å². The lowest BCUT2D eigenvalue weighted by Crippen LogP contribution is -2.46. The molecule has 3 N–H and O–H groups in total. The first-order valence-electron chi connectivity index (χ1n) is 9.79. The van der Waals surface area contributed by atoms with Gasteiger partial charge in [0.15, 0.2) is 0 Å². The summed E-state index contributed by atoms with van der Waals surface area (Å²) in [6.07, 6.45) is 3.18. The summed E-state index contributed by atoms with van der Waals surface area (Å²) in [7, 11) is 0. The van der Waals surface area contributed by atoms with Gasteiger partial charge in [-0.2, -0.15) is 10.5 Å². The van der Waals surface area contributed by atoms with E-state index < -0.39 is 5.60 Å². The lowest BCUT2D eigenvalue weighted by Gasteiger charge is -2.34. The summed E-state index contributed by atoms with van der Waals surface area (Å²) in [5, 5.41) is 29.1. The highest BCUT2D eigenvalue weighted by Gasteiger charge is 2.27. The van der Waals surface area contributed by atoms with Crippen molar-refractivity contribution in [2.75, 3.05) is 23.7 Å². The Bertz CT molecular complexity index is 910. The number of allylic oxidation sites excluding steroid dienone is 1. The Hall–Kier alpha value is -3.61. The average Bonchev–Trinajstić information content (AvgIpc) is 3.23. The van der Waals surface area contributed by atoms with Crippen molar-refractivity contribution < 1.29 is 9.53 Å². The van der Waals surface area contributed by atoms with Gasteiger partial charge in [0.2, 0.25) is 5.82 Å². The molecule has 1 aliphatic heterocycles. The SMILES string of the molecule is CC(C)(C)OC(=O)N1CCCC(Nc2ccc(NC=C(C#N)c3nn[nH]n3)cc2)C1. The first kappa shape index (κ1) is 21.1. The summed E-state index contributed by atoms with van der Waals surface area (Å²) in [6.45, 7) is 6.93. The summed E-state index contributed by atoms with van der Waals surface area (Å²) < 4.78 is 5.48. The molecule has 10 nitrogen and oxygen atoms in total. The van der Waals surface area contributed by atoms with Gasteiger partial charge in [0, 0.05) is 36.7 Å². The van der Waals surface area contributed by atoms with Crippen molar-refractivity contribution in [3.63, 3.8) is 0 Å². The quantitative estimate of drug-likeness (QED) is 0.641. The lowest BCUT2D eigenvalue weighted by molar-refractivity contribution is 0.0206. The van der Waals surface area contributed by atoms with Gasteiger partial charge in [-0.15, -0.1) is 10.2 Å². The van der Waals surface area contributed by atoms with Crippen LogP contribution < -0.4 is 10.6 Å². The molecule has 2 heterocycles. The van der Waals surface area contributed by atoms with E-state index in [1.54, 1.807) is 4.90 Å². The molecule has 1 aliphatic rings. The number of piperidine rings is 1. The molecule has 0 radical (unpaired) electrons. The Morgan fingerprint density at radius 2 is 2.07 bits per heavy atom. The minimum absolute atomic E-state index is 0.161. The molecule has 0 spiro atoms. The van der Waals surface area contributed by atoms with E-state index in [4.69, 9.17) is 4.74 Å². The van der Waals surface area contributed by atoms with E-state index in [0.717, 1.165) is 24.2 Å². The van der Waals surface area contributed by atoms with Crippen LogP contribution in [0.15, 0.2) is 30.5 Å². The normalized spacial score (nSPS) is 17.2. The number of nitriles is 1. The smallest absolute Gasteiger partial charge is 0.410 e. The topological polar surface area (TPSA) is 132 Å². The number of tetrazole rings is 1.